The third-order valence-electron chi connectivity index (χ3n) is 4.59. The van der Waals surface area contributed by atoms with Crippen molar-refractivity contribution in [3.8, 4) is 0 Å². The number of nitro groups is 1. The highest BCUT2D eigenvalue weighted by Crippen LogP contribution is 2.27. The van der Waals surface area contributed by atoms with Gasteiger partial charge in [0.15, 0.2) is 0 Å². The van der Waals surface area contributed by atoms with Crippen LogP contribution in [0.5, 0.6) is 0 Å². The van der Waals surface area contributed by atoms with Crippen molar-refractivity contribution >= 4 is 5.69 Å². The molecule has 0 spiro atoms. The van der Waals surface area contributed by atoms with E-state index in [1.54, 1.807) is 12.1 Å². The fraction of sp³-hybridized carbons (Fsp3) is 0.333. The molecule has 4 nitrogen and oxygen atoms in total. The lowest BCUT2D eigenvalue weighted by atomic mass is 9.87. The average molecular weight is 297 g/mol. The number of non-ortho nitro benzene ring substituents is 1. The van der Waals surface area contributed by atoms with Crippen molar-refractivity contribution in [1.29, 1.82) is 0 Å². The number of hydrogen-bond donors (Lipinski definition) is 1. The molecule has 2 aromatic rings. The highest BCUT2D eigenvalue weighted by Gasteiger charge is 2.26. The topological polar surface area (TPSA) is 47.6 Å². The Morgan fingerprint density at radius 1 is 1.18 bits per heavy atom. The van der Waals surface area contributed by atoms with E-state index in [1.165, 1.54) is 35.3 Å². The van der Waals surface area contributed by atoms with Gasteiger partial charge in [-0.1, -0.05) is 24.3 Å². The van der Waals surface area contributed by atoms with Gasteiger partial charge >= 0.3 is 0 Å². The van der Waals surface area contributed by atoms with Crippen molar-refractivity contribution in [2.45, 2.75) is 31.8 Å². The molecular weight excluding hydrogens is 276 g/mol. The number of aryl methyl sites for hydroxylation is 1. The van der Waals surface area contributed by atoms with E-state index in [4.69, 9.17) is 0 Å². The molecule has 114 valence electrons. The largest absolute Gasteiger partial charge is 0.327 e. The first-order chi connectivity index (χ1) is 10.6. The maximum absolute atomic E-state index is 10.7. The molecule has 0 aromatic heterocycles. The van der Waals surface area contributed by atoms with Crippen LogP contribution in [0.4, 0.5) is 5.69 Å². The lowest BCUT2D eigenvalue weighted by molar-refractivity contribution is -0.926. The van der Waals surface area contributed by atoms with Gasteiger partial charge in [-0.25, -0.2) is 0 Å². The summed E-state index contributed by atoms with van der Waals surface area (Å²) in [6.07, 6.45) is 3.62. The van der Waals surface area contributed by atoms with Gasteiger partial charge in [0.05, 0.1) is 12.0 Å². The molecule has 0 heterocycles. The summed E-state index contributed by atoms with van der Waals surface area (Å²) >= 11 is 0. The molecule has 0 radical (unpaired) electrons. The molecule has 1 unspecified atom stereocenters. The summed E-state index contributed by atoms with van der Waals surface area (Å²) in [5.74, 6) is 0. The van der Waals surface area contributed by atoms with Crippen molar-refractivity contribution in [1.82, 2.24) is 0 Å². The number of nitrogens with zero attached hydrogens (tertiary/aromatic N) is 1. The van der Waals surface area contributed by atoms with E-state index in [9.17, 15) is 10.1 Å². The normalized spacial score (nSPS) is 18.5. The Hall–Kier alpha value is -2.20. The first-order valence-corrected chi connectivity index (χ1v) is 7.78. The van der Waals surface area contributed by atoms with Gasteiger partial charge in [0.1, 0.15) is 12.6 Å². The molecule has 1 aliphatic carbocycles. The van der Waals surface area contributed by atoms with Crippen LogP contribution >= 0.6 is 0 Å². The van der Waals surface area contributed by atoms with Crippen LogP contribution in [0.2, 0.25) is 0 Å². The molecule has 0 fully saturated rings. The van der Waals surface area contributed by atoms with E-state index in [1.807, 2.05) is 12.1 Å². The molecule has 0 saturated heterocycles. The minimum absolute atomic E-state index is 0.157. The zero-order valence-corrected chi connectivity index (χ0v) is 12.8. The Morgan fingerprint density at radius 3 is 2.64 bits per heavy atom. The minimum atomic E-state index is -0.349. The number of rotatable bonds is 4. The second kappa shape index (κ2) is 6.28. The van der Waals surface area contributed by atoms with Gasteiger partial charge in [0.2, 0.25) is 0 Å². The number of fused-ring (bicyclic) bond motifs is 1. The Bertz CT molecular complexity index is 667. The number of quaternary nitrogens is 1. The van der Waals surface area contributed by atoms with Crippen molar-refractivity contribution in [3.63, 3.8) is 0 Å². The van der Waals surface area contributed by atoms with Gasteiger partial charge in [-0.3, -0.25) is 10.1 Å². The second-order valence-electron chi connectivity index (χ2n) is 6.09. The number of benzene rings is 2. The summed E-state index contributed by atoms with van der Waals surface area (Å²) in [6, 6.07) is 16.2. The molecule has 1 N–H and O–H groups in total. The lowest BCUT2D eigenvalue weighted by Crippen LogP contribution is -3.08. The maximum Gasteiger partial charge on any atom is 0.269 e. The predicted molar refractivity (Wildman–Crippen MR) is 85.8 cm³/mol. The molecule has 3 rings (SSSR count). The van der Waals surface area contributed by atoms with E-state index >= 15 is 0 Å². The zero-order chi connectivity index (χ0) is 15.5. The Morgan fingerprint density at radius 2 is 1.91 bits per heavy atom. The first kappa shape index (κ1) is 14.7. The minimum Gasteiger partial charge on any atom is -0.327 e. The van der Waals surface area contributed by atoms with E-state index in [0.29, 0.717) is 6.04 Å². The van der Waals surface area contributed by atoms with Gasteiger partial charge in [-0.05, 0) is 30.5 Å². The molecule has 2 aromatic carbocycles. The third kappa shape index (κ3) is 3.02. The first-order valence-electron chi connectivity index (χ1n) is 7.78. The monoisotopic (exact) mass is 297 g/mol. The molecule has 0 amide bonds. The fourth-order valence-corrected chi connectivity index (χ4v) is 3.45. The summed E-state index contributed by atoms with van der Waals surface area (Å²) in [5.41, 5.74) is 4.24. The maximum atomic E-state index is 10.7. The van der Waals surface area contributed by atoms with Crippen LogP contribution < -0.4 is 4.90 Å². The lowest BCUT2D eigenvalue weighted by Gasteiger charge is -2.30. The Kier molecular flexibility index (Phi) is 4.20. The number of hydrogen-bond acceptors (Lipinski definition) is 2. The molecular formula is C18H21N2O2+. The predicted octanol–water partition coefficient (Wildman–Crippen LogP) is 2.69. The van der Waals surface area contributed by atoms with Crippen LogP contribution in [0, 0.1) is 10.1 Å². The third-order valence-corrected chi connectivity index (χ3v) is 4.59. The summed E-state index contributed by atoms with van der Waals surface area (Å²) in [5, 5.41) is 10.7. The highest BCUT2D eigenvalue weighted by atomic mass is 16.6. The standard InChI is InChI=1S/C18H20N2O2/c1-19(13-14-9-11-16(12-10-14)20(21)22)18-8-4-6-15-5-2-3-7-17(15)18/h2-3,5,7,9-12,18H,4,6,8,13H2,1H3/p+1/t18-/m1/s1. The van der Waals surface area contributed by atoms with Gasteiger partial charge in [0.25, 0.3) is 5.69 Å². The smallest absolute Gasteiger partial charge is 0.269 e. The van der Waals surface area contributed by atoms with Crippen LogP contribution in [-0.2, 0) is 13.0 Å². The van der Waals surface area contributed by atoms with E-state index in [2.05, 4.69) is 31.3 Å². The second-order valence-corrected chi connectivity index (χ2v) is 6.09. The van der Waals surface area contributed by atoms with Gasteiger partial charge in [0, 0.05) is 29.7 Å². The molecule has 2 atom stereocenters. The van der Waals surface area contributed by atoms with Crippen LogP contribution in [-0.4, -0.2) is 12.0 Å². The van der Waals surface area contributed by atoms with Crippen molar-refractivity contribution in [3.05, 3.63) is 75.3 Å². The van der Waals surface area contributed by atoms with Crippen molar-refractivity contribution < 1.29 is 9.82 Å². The molecule has 4 heteroatoms. The summed E-state index contributed by atoms with van der Waals surface area (Å²) in [6.45, 7) is 0.886. The molecule has 1 aliphatic rings. The summed E-state index contributed by atoms with van der Waals surface area (Å²) in [4.78, 5) is 11.8. The van der Waals surface area contributed by atoms with Crippen LogP contribution in [0.15, 0.2) is 48.5 Å². The summed E-state index contributed by atoms with van der Waals surface area (Å²) in [7, 11) is 2.22. The molecule has 0 aliphatic heterocycles. The van der Waals surface area contributed by atoms with Crippen LogP contribution in [0.3, 0.4) is 0 Å². The zero-order valence-electron chi connectivity index (χ0n) is 12.8. The highest BCUT2D eigenvalue weighted by molar-refractivity contribution is 5.33. The van der Waals surface area contributed by atoms with Gasteiger partial charge < -0.3 is 4.90 Å². The van der Waals surface area contributed by atoms with Crippen molar-refractivity contribution in [2.24, 2.45) is 0 Å². The van der Waals surface area contributed by atoms with Crippen LogP contribution in [0.1, 0.15) is 35.6 Å². The van der Waals surface area contributed by atoms with Gasteiger partial charge in [-0.15, -0.1) is 0 Å². The quantitative estimate of drug-likeness (QED) is 0.697. The molecule has 22 heavy (non-hydrogen) atoms. The van der Waals surface area contributed by atoms with E-state index in [-0.39, 0.29) is 10.6 Å². The van der Waals surface area contributed by atoms with Gasteiger partial charge in [-0.2, -0.15) is 0 Å². The Balaban J connectivity index is 1.75. The summed E-state index contributed by atoms with van der Waals surface area (Å²) < 4.78 is 0. The SMILES string of the molecule is C[NH+](Cc1ccc([N+](=O)[O-])cc1)[C@@H]1CCCc2ccccc21. The van der Waals surface area contributed by atoms with E-state index < -0.39 is 0 Å². The van der Waals surface area contributed by atoms with Crippen molar-refractivity contribution in [2.75, 3.05) is 7.05 Å². The average Bonchev–Trinajstić information content (AvgIpc) is 2.54. The Labute approximate surface area is 130 Å². The van der Waals surface area contributed by atoms with E-state index in [0.717, 1.165) is 12.1 Å². The number of nitrogens with one attached hydrogen (secondary N) is 1. The fourth-order valence-electron chi connectivity index (χ4n) is 3.45. The molecule has 0 saturated carbocycles. The molecule has 0 bridgehead atoms. The van der Waals surface area contributed by atoms with Crippen LogP contribution in [0.25, 0.3) is 0 Å². The number of nitro benzene ring substituents is 1.